The van der Waals surface area contributed by atoms with E-state index in [0.29, 0.717) is 85.9 Å². The van der Waals surface area contributed by atoms with Crippen LogP contribution < -0.4 is 18.9 Å². The Labute approximate surface area is 308 Å². The SMILES string of the molecule is CCCC(OCC1CCCC(O)C1)Oc1ccc(OC(=O)C2CCC(C(=O)Oc3ccc(OC(CCC)OCC4CCC5OC5C4)cc3)CC2)cc1. The molecular weight excluding hydrogens is 664 g/mol. The number of hydrogen-bond acceptors (Lipinski definition) is 10. The molecule has 7 unspecified atom stereocenters. The molecule has 1 aliphatic heterocycles. The second kappa shape index (κ2) is 19.2. The van der Waals surface area contributed by atoms with Crippen LogP contribution in [0.5, 0.6) is 23.0 Å². The van der Waals surface area contributed by atoms with Crippen LogP contribution in [0.15, 0.2) is 48.5 Å². The van der Waals surface area contributed by atoms with Gasteiger partial charge in [-0.05, 0) is 125 Å². The first-order chi connectivity index (χ1) is 25.3. The zero-order chi connectivity index (χ0) is 36.3. The Morgan fingerprint density at radius 2 is 1.12 bits per heavy atom. The molecule has 4 aliphatic rings. The second-order valence-corrected chi connectivity index (χ2v) is 15.3. The normalized spacial score (nSPS) is 28.2. The van der Waals surface area contributed by atoms with Crippen molar-refractivity contribution in [2.75, 3.05) is 13.2 Å². The Hall–Kier alpha value is -3.18. The lowest BCUT2D eigenvalue weighted by Crippen LogP contribution is -2.30. The largest absolute Gasteiger partial charge is 0.465 e. The molecule has 0 radical (unpaired) electrons. The smallest absolute Gasteiger partial charge is 0.314 e. The topological polar surface area (TPSA) is 122 Å². The van der Waals surface area contributed by atoms with E-state index in [1.165, 1.54) is 0 Å². The number of hydrogen-bond donors (Lipinski definition) is 1. The number of esters is 2. The van der Waals surface area contributed by atoms with E-state index in [9.17, 15) is 14.7 Å². The lowest BCUT2D eigenvalue weighted by molar-refractivity contribution is -0.145. The number of benzene rings is 2. The molecule has 2 aromatic rings. The number of carbonyl (C=O) groups excluding carboxylic acids is 2. The maximum Gasteiger partial charge on any atom is 0.314 e. The highest BCUT2D eigenvalue weighted by atomic mass is 16.7. The van der Waals surface area contributed by atoms with Gasteiger partial charge in [-0.15, -0.1) is 0 Å². The van der Waals surface area contributed by atoms with E-state index < -0.39 is 0 Å². The van der Waals surface area contributed by atoms with Crippen LogP contribution in [-0.2, 0) is 23.8 Å². The van der Waals surface area contributed by atoms with Gasteiger partial charge >= 0.3 is 11.9 Å². The van der Waals surface area contributed by atoms with Crippen LogP contribution in [0, 0.1) is 23.7 Å². The minimum Gasteiger partial charge on any atom is -0.465 e. The number of ether oxygens (including phenoxy) is 7. The molecule has 7 atom stereocenters. The van der Waals surface area contributed by atoms with E-state index in [4.69, 9.17) is 33.2 Å². The molecule has 0 bridgehead atoms. The third kappa shape index (κ3) is 11.7. The average molecular weight is 723 g/mol. The molecule has 10 nitrogen and oxygen atoms in total. The first-order valence-corrected chi connectivity index (χ1v) is 19.9. The molecule has 286 valence electrons. The summed E-state index contributed by atoms with van der Waals surface area (Å²) in [5.74, 6) is 2.03. The third-order valence-corrected chi connectivity index (χ3v) is 11.0. The molecule has 4 fully saturated rings. The highest BCUT2D eigenvalue weighted by molar-refractivity contribution is 5.77. The minimum atomic E-state index is -0.367. The Kier molecular flexibility index (Phi) is 14.3. The first kappa shape index (κ1) is 38.5. The van der Waals surface area contributed by atoms with E-state index in [1.807, 2.05) is 12.1 Å². The Morgan fingerprint density at radius 3 is 1.58 bits per heavy atom. The van der Waals surface area contributed by atoms with Gasteiger partial charge in [0.1, 0.15) is 23.0 Å². The van der Waals surface area contributed by atoms with Gasteiger partial charge in [0.25, 0.3) is 0 Å². The van der Waals surface area contributed by atoms with E-state index >= 15 is 0 Å². The van der Waals surface area contributed by atoms with Crippen molar-refractivity contribution in [1.29, 1.82) is 0 Å². The zero-order valence-corrected chi connectivity index (χ0v) is 31.0. The lowest BCUT2D eigenvalue weighted by Gasteiger charge is -2.28. The fraction of sp³-hybridized carbons (Fsp3) is 0.667. The fourth-order valence-electron chi connectivity index (χ4n) is 7.80. The van der Waals surface area contributed by atoms with Gasteiger partial charge in [0, 0.05) is 12.8 Å². The summed E-state index contributed by atoms with van der Waals surface area (Å²) in [6, 6.07) is 14.2. The average Bonchev–Trinajstić information content (AvgIpc) is 3.94. The van der Waals surface area contributed by atoms with E-state index in [-0.39, 0.29) is 42.5 Å². The summed E-state index contributed by atoms with van der Waals surface area (Å²) in [7, 11) is 0. The highest BCUT2D eigenvalue weighted by Crippen LogP contribution is 2.40. The third-order valence-electron chi connectivity index (χ3n) is 11.0. The molecule has 0 spiro atoms. The van der Waals surface area contributed by atoms with Crippen molar-refractivity contribution in [1.82, 2.24) is 0 Å². The lowest BCUT2D eigenvalue weighted by atomic mass is 9.82. The van der Waals surface area contributed by atoms with Crippen molar-refractivity contribution in [2.24, 2.45) is 23.7 Å². The van der Waals surface area contributed by atoms with Gasteiger partial charge in [-0.25, -0.2) is 0 Å². The van der Waals surface area contributed by atoms with Crippen molar-refractivity contribution in [3.8, 4) is 23.0 Å². The standard InChI is InChI=1S/C42H58O10/c1-3-6-39(46-26-28-8-5-9-32(43)24-28)48-33-15-19-35(20-16-33)50-41(44)30-11-13-31(14-12-30)42(45)51-36-21-17-34(18-22-36)49-40(7-4-2)47-27-29-10-23-37-38(25-29)52-37/h15-22,28-32,37-40,43H,3-14,23-27H2,1-2H3. The molecule has 3 aliphatic carbocycles. The summed E-state index contributed by atoms with van der Waals surface area (Å²) in [4.78, 5) is 26.0. The molecule has 0 amide bonds. The number of epoxide rings is 1. The molecule has 1 heterocycles. The number of carbonyl (C=O) groups is 2. The molecule has 2 aromatic carbocycles. The highest BCUT2D eigenvalue weighted by Gasteiger charge is 2.44. The molecule has 6 rings (SSSR count). The quantitative estimate of drug-likeness (QED) is 0.0698. The Bertz CT molecular complexity index is 1300. The Morgan fingerprint density at radius 1 is 0.635 bits per heavy atom. The van der Waals surface area contributed by atoms with Crippen LogP contribution in [0.25, 0.3) is 0 Å². The summed E-state index contributed by atoms with van der Waals surface area (Å²) >= 11 is 0. The van der Waals surface area contributed by atoms with Crippen molar-refractivity contribution < 1.29 is 47.9 Å². The maximum atomic E-state index is 13.0. The molecule has 1 N–H and O–H groups in total. The molecule has 0 aromatic heterocycles. The summed E-state index contributed by atoms with van der Waals surface area (Å²) in [5.41, 5.74) is 0. The van der Waals surface area contributed by atoms with Gasteiger partial charge in [0.2, 0.25) is 0 Å². The summed E-state index contributed by atoms with van der Waals surface area (Å²) in [6.07, 6.45) is 12.8. The zero-order valence-electron chi connectivity index (χ0n) is 31.0. The summed E-state index contributed by atoms with van der Waals surface area (Å²) in [5, 5.41) is 9.97. The van der Waals surface area contributed by atoms with Crippen molar-refractivity contribution in [3.63, 3.8) is 0 Å². The number of aliphatic hydroxyl groups excluding tert-OH is 1. The van der Waals surface area contributed by atoms with Crippen LogP contribution in [0.4, 0.5) is 0 Å². The van der Waals surface area contributed by atoms with Crippen LogP contribution in [0.3, 0.4) is 0 Å². The first-order valence-electron chi connectivity index (χ1n) is 19.9. The van der Waals surface area contributed by atoms with Gasteiger partial charge in [0.05, 0.1) is 43.4 Å². The molecule has 10 heteroatoms. The van der Waals surface area contributed by atoms with Gasteiger partial charge in [0.15, 0.2) is 12.6 Å². The molecule has 3 saturated carbocycles. The molecular formula is C42H58O10. The molecule has 52 heavy (non-hydrogen) atoms. The van der Waals surface area contributed by atoms with E-state index in [1.54, 1.807) is 36.4 Å². The number of rotatable bonds is 18. The van der Waals surface area contributed by atoms with Crippen LogP contribution >= 0.6 is 0 Å². The summed E-state index contributed by atoms with van der Waals surface area (Å²) in [6.45, 7) is 5.46. The van der Waals surface area contributed by atoms with Gasteiger partial charge in [-0.1, -0.05) is 33.1 Å². The summed E-state index contributed by atoms with van der Waals surface area (Å²) < 4.78 is 41.6. The van der Waals surface area contributed by atoms with Crippen LogP contribution in [-0.4, -0.2) is 61.2 Å². The van der Waals surface area contributed by atoms with Gasteiger partial charge < -0.3 is 38.3 Å². The van der Waals surface area contributed by atoms with Crippen LogP contribution in [0.1, 0.15) is 110 Å². The maximum absolute atomic E-state index is 13.0. The fourth-order valence-corrected chi connectivity index (χ4v) is 7.80. The molecule has 1 saturated heterocycles. The van der Waals surface area contributed by atoms with Crippen LogP contribution in [0.2, 0.25) is 0 Å². The predicted molar refractivity (Wildman–Crippen MR) is 194 cm³/mol. The van der Waals surface area contributed by atoms with E-state index in [0.717, 1.165) is 70.6 Å². The van der Waals surface area contributed by atoms with Gasteiger partial charge in [-0.2, -0.15) is 0 Å². The predicted octanol–water partition coefficient (Wildman–Crippen LogP) is 8.17. The minimum absolute atomic E-state index is 0.229. The van der Waals surface area contributed by atoms with Crippen molar-refractivity contribution in [2.45, 2.75) is 141 Å². The monoisotopic (exact) mass is 722 g/mol. The van der Waals surface area contributed by atoms with Crippen molar-refractivity contribution in [3.05, 3.63) is 48.5 Å². The Balaban J connectivity index is 0.888. The second-order valence-electron chi connectivity index (χ2n) is 15.3. The number of fused-ring (bicyclic) bond motifs is 1. The number of aliphatic hydroxyl groups is 1. The van der Waals surface area contributed by atoms with Gasteiger partial charge in [-0.3, -0.25) is 9.59 Å². The van der Waals surface area contributed by atoms with E-state index in [2.05, 4.69) is 13.8 Å². The van der Waals surface area contributed by atoms with Crippen molar-refractivity contribution >= 4 is 11.9 Å².